The molecule has 0 heterocycles. The summed E-state index contributed by atoms with van der Waals surface area (Å²) in [5, 5.41) is 0. The van der Waals surface area contributed by atoms with Gasteiger partial charge in [0.1, 0.15) is 0 Å². The maximum absolute atomic E-state index is 4.59. The van der Waals surface area contributed by atoms with Crippen molar-refractivity contribution < 1.29 is 0 Å². The van der Waals surface area contributed by atoms with Crippen LogP contribution in [0.3, 0.4) is 0 Å². The third-order valence-electron chi connectivity index (χ3n) is 0. The molecule has 0 rings (SSSR count). The Morgan fingerprint density at radius 3 is 1.50 bits per heavy atom. The summed E-state index contributed by atoms with van der Waals surface area (Å²) in [7, 11) is 0. The van der Waals surface area contributed by atoms with Crippen molar-refractivity contribution in [2.45, 2.75) is 7.43 Å². The minimum Gasteiger partial charge on any atom is -0.104 e. The molecule has 6 heavy (non-hydrogen) atoms. The second-order valence-corrected chi connectivity index (χ2v) is 10.5. The number of hydrogen-bond acceptors (Lipinski definition) is 2. The van der Waals surface area contributed by atoms with Crippen LogP contribution >= 0.6 is 11.7 Å². The third-order valence-corrected chi connectivity index (χ3v) is 0. The molecule has 0 saturated heterocycles. The Hall–Kier alpha value is 1.14. The largest absolute Gasteiger partial charge is 0.104 e. The fourth-order valence-electron chi connectivity index (χ4n) is 0. The molecule has 0 unspecified atom stereocenters. The summed E-state index contributed by atoms with van der Waals surface area (Å²) in [6.07, 6.45) is 0.459. The van der Waals surface area contributed by atoms with E-state index in [2.05, 4.69) is 34.0 Å². The molecule has 0 aliphatic heterocycles. The van der Waals surface area contributed by atoms with Crippen LogP contribution in [0, 0.1) is 0 Å². The SMILES string of the molecule is C.CS(=S)(=S)S. The van der Waals surface area contributed by atoms with Crippen LogP contribution in [0.4, 0.5) is 0 Å². The van der Waals surface area contributed by atoms with Crippen molar-refractivity contribution in [2.75, 3.05) is 6.26 Å². The van der Waals surface area contributed by atoms with E-state index in [1.165, 1.54) is 0 Å². The van der Waals surface area contributed by atoms with Gasteiger partial charge in [0, 0.05) is 0 Å². The molecule has 0 aliphatic rings. The number of hydrogen-bond donors (Lipinski definition) is 1. The first-order chi connectivity index (χ1) is 2.00. The van der Waals surface area contributed by atoms with Gasteiger partial charge in [0.15, 0.2) is 0 Å². The summed E-state index contributed by atoms with van der Waals surface area (Å²) in [5.74, 6) is 0. The van der Waals surface area contributed by atoms with Crippen molar-refractivity contribution in [3.05, 3.63) is 0 Å². The predicted molar refractivity (Wildman–Crippen MR) is 43.7 cm³/mol. The molecule has 0 aromatic carbocycles. The monoisotopic (exact) mass is 160 g/mol. The molecule has 0 amide bonds. The topological polar surface area (TPSA) is 0 Å². The lowest BCUT2D eigenvalue weighted by atomic mass is 12.0. The Morgan fingerprint density at radius 2 is 1.50 bits per heavy atom. The van der Waals surface area contributed by atoms with Gasteiger partial charge in [-0.1, -0.05) is 7.43 Å². The van der Waals surface area contributed by atoms with Crippen LogP contribution in [0.25, 0.3) is 0 Å². The lowest BCUT2D eigenvalue weighted by molar-refractivity contribution is 2.50. The van der Waals surface area contributed by atoms with Crippen molar-refractivity contribution in [1.82, 2.24) is 0 Å². The zero-order valence-corrected chi connectivity index (χ0v) is 6.02. The van der Waals surface area contributed by atoms with Crippen LogP contribution in [-0.2, 0) is 28.6 Å². The van der Waals surface area contributed by atoms with Gasteiger partial charge in [0.05, 0.1) is 0 Å². The van der Waals surface area contributed by atoms with E-state index in [9.17, 15) is 0 Å². The smallest absolute Gasteiger partial charge is 0.000573 e. The van der Waals surface area contributed by atoms with Crippen LogP contribution in [0.2, 0.25) is 0 Å². The molecule has 0 radical (unpaired) electrons. The minimum atomic E-state index is -1.31. The van der Waals surface area contributed by atoms with Crippen LogP contribution in [0.1, 0.15) is 7.43 Å². The highest BCUT2D eigenvalue weighted by molar-refractivity contribution is 8.92. The van der Waals surface area contributed by atoms with Gasteiger partial charge in [-0.2, -0.15) is 0 Å². The average molecular weight is 160 g/mol. The van der Waals surface area contributed by atoms with Gasteiger partial charge in [-0.3, -0.25) is 0 Å². The first-order valence-corrected chi connectivity index (χ1v) is 5.87. The first kappa shape index (κ1) is 10.2. The van der Waals surface area contributed by atoms with E-state index in [1.54, 1.807) is 6.26 Å². The van der Waals surface area contributed by atoms with Crippen LogP contribution in [0.15, 0.2) is 0 Å². The van der Waals surface area contributed by atoms with E-state index >= 15 is 0 Å². The summed E-state index contributed by atoms with van der Waals surface area (Å²) < 4.78 is 0. The van der Waals surface area contributed by atoms with E-state index in [1.807, 2.05) is 0 Å². The second-order valence-electron chi connectivity index (χ2n) is 0.733. The quantitative estimate of drug-likeness (QED) is 0.417. The molecule has 0 fully saturated rings. The Balaban J connectivity index is 0. The lowest BCUT2D eigenvalue weighted by Gasteiger charge is -1.78. The van der Waals surface area contributed by atoms with E-state index in [0.29, 0.717) is 0 Å². The van der Waals surface area contributed by atoms with Gasteiger partial charge in [0.25, 0.3) is 0 Å². The van der Waals surface area contributed by atoms with Crippen LogP contribution in [-0.4, -0.2) is 6.26 Å². The van der Waals surface area contributed by atoms with Crippen molar-refractivity contribution in [3.8, 4) is 0 Å². The molecule has 0 spiro atoms. The molecule has 0 N–H and O–H groups in total. The highest BCUT2D eigenvalue weighted by atomic mass is 33.5. The van der Waals surface area contributed by atoms with Crippen molar-refractivity contribution in [2.24, 2.45) is 0 Å². The molecule has 0 aromatic rings. The van der Waals surface area contributed by atoms with Gasteiger partial charge >= 0.3 is 0 Å². The second kappa shape index (κ2) is 3.18. The van der Waals surface area contributed by atoms with Gasteiger partial charge in [-0.05, 0) is 34.8 Å². The maximum Gasteiger partial charge on any atom is -0.000573 e. The molecular weight excluding hydrogens is 152 g/mol. The summed E-state index contributed by atoms with van der Waals surface area (Å²) in [6.45, 7) is 0. The predicted octanol–water partition coefficient (Wildman–Crippen LogP) is 1.17. The average Bonchev–Trinajstić information content (AvgIpc) is 0.722. The summed E-state index contributed by atoms with van der Waals surface area (Å²) in [4.78, 5) is 0. The maximum atomic E-state index is 4.59. The fraction of sp³-hybridized carbons (Fsp3) is 1.00. The zero-order chi connectivity index (χ0) is 4.50. The van der Waals surface area contributed by atoms with E-state index in [0.717, 1.165) is 0 Å². The molecule has 4 heteroatoms. The molecule has 0 saturated carbocycles. The van der Waals surface area contributed by atoms with E-state index in [-0.39, 0.29) is 7.43 Å². The summed E-state index contributed by atoms with van der Waals surface area (Å²) in [5.41, 5.74) is 0. The fourth-order valence-corrected chi connectivity index (χ4v) is 0. The van der Waals surface area contributed by atoms with E-state index in [4.69, 9.17) is 0 Å². The molecule has 0 aromatic heterocycles. The van der Waals surface area contributed by atoms with Crippen LogP contribution < -0.4 is 0 Å². The van der Waals surface area contributed by atoms with Crippen molar-refractivity contribution in [3.63, 3.8) is 0 Å². The first-order valence-electron chi connectivity index (χ1n) is 0.924. The zero-order valence-electron chi connectivity index (χ0n) is 2.67. The van der Waals surface area contributed by atoms with Gasteiger partial charge in [0.2, 0.25) is 0 Å². The van der Waals surface area contributed by atoms with Gasteiger partial charge in [-0.25, -0.2) is 0 Å². The molecule has 0 atom stereocenters. The standard InChI is InChI=1S/CH4S4.CH4/c1-5(2,3)4;/h1H3,(H,2,3,4);1H4. The Bertz CT molecular complexity index is 88.7. The molecule has 40 valence electrons. The minimum absolute atomic E-state index is 0. The number of rotatable bonds is 0. The van der Waals surface area contributed by atoms with Crippen molar-refractivity contribution >= 4 is 40.2 Å². The van der Waals surface area contributed by atoms with Gasteiger partial charge < -0.3 is 0 Å². The Kier molecular flexibility index (Phi) is 5.40. The Labute approximate surface area is 53.9 Å². The van der Waals surface area contributed by atoms with Crippen molar-refractivity contribution in [1.29, 1.82) is 0 Å². The van der Waals surface area contributed by atoms with Crippen LogP contribution in [0.5, 0.6) is 0 Å². The normalized spacial score (nSPS) is 9.67. The molecular formula is C2H8S4. The highest BCUT2D eigenvalue weighted by Gasteiger charge is 1.69. The lowest BCUT2D eigenvalue weighted by Crippen LogP contribution is -1.69. The summed E-state index contributed by atoms with van der Waals surface area (Å²) >= 11 is 13.0. The van der Waals surface area contributed by atoms with E-state index < -0.39 is 6.18 Å². The molecule has 0 aliphatic carbocycles. The number of thiol groups is 1. The Morgan fingerprint density at radius 1 is 1.50 bits per heavy atom. The molecule has 0 bridgehead atoms. The highest BCUT2D eigenvalue weighted by Crippen LogP contribution is 1.85. The van der Waals surface area contributed by atoms with Gasteiger partial charge in [-0.15, -0.1) is 11.7 Å². The third kappa shape index (κ3) is 67.8. The summed E-state index contributed by atoms with van der Waals surface area (Å²) in [6, 6.07) is 0. The molecule has 0 nitrogen and oxygen atoms in total.